The van der Waals surface area contributed by atoms with Gasteiger partial charge in [0, 0.05) is 21.2 Å². The molecule has 1 amide bonds. The summed E-state index contributed by atoms with van der Waals surface area (Å²) in [7, 11) is 3.92. The Bertz CT molecular complexity index is 1180. The van der Waals surface area contributed by atoms with E-state index in [2.05, 4.69) is 4.98 Å². The van der Waals surface area contributed by atoms with Gasteiger partial charge < -0.3 is 5.73 Å². The van der Waals surface area contributed by atoms with Crippen LogP contribution >= 0.6 is 23.2 Å². The number of nitrogens with zero attached hydrogens (tertiary/aromatic N) is 4. The van der Waals surface area contributed by atoms with Gasteiger partial charge in [0.2, 0.25) is 0 Å². The van der Waals surface area contributed by atoms with Crippen LogP contribution in [0.25, 0.3) is 5.69 Å². The van der Waals surface area contributed by atoms with Crippen molar-refractivity contribution in [1.82, 2.24) is 14.5 Å². The Balaban J connectivity index is 2.05. The highest BCUT2D eigenvalue weighted by Gasteiger charge is 2.30. The molecule has 0 saturated carbocycles. The fourth-order valence-corrected chi connectivity index (χ4v) is 4.01. The zero-order chi connectivity index (χ0) is 21.6. The number of amides is 1. The molecule has 30 heavy (non-hydrogen) atoms. The van der Waals surface area contributed by atoms with Gasteiger partial charge in [-0.3, -0.25) is 19.3 Å². The molecule has 3 aromatic rings. The predicted molar refractivity (Wildman–Crippen MR) is 120 cm³/mol. The number of nitrogens with two attached hydrogens (primary N) is 1. The lowest BCUT2D eigenvalue weighted by Crippen LogP contribution is -2.21. The number of carbonyl (C=O) groups is 1. The van der Waals surface area contributed by atoms with Crippen molar-refractivity contribution < 1.29 is 4.79 Å². The van der Waals surface area contributed by atoms with E-state index in [1.807, 2.05) is 73.0 Å². The molecule has 0 fully saturated rings. The quantitative estimate of drug-likeness (QED) is 0.656. The summed E-state index contributed by atoms with van der Waals surface area (Å²) in [6.45, 7) is 2.26. The summed E-state index contributed by atoms with van der Waals surface area (Å²) in [6, 6.07) is 13.1. The third kappa shape index (κ3) is 3.41. The highest BCUT2D eigenvalue weighted by Crippen LogP contribution is 2.34. The van der Waals surface area contributed by atoms with E-state index in [1.54, 1.807) is 0 Å². The first-order valence-corrected chi connectivity index (χ1v) is 10.2. The second kappa shape index (κ2) is 7.87. The van der Waals surface area contributed by atoms with E-state index in [4.69, 9.17) is 33.9 Å². The molecule has 0 bridgehead atoms. The summed E-state index contributed by atoms with van der Waals surface area (Å²) < 4.78 is 1.98. The van der Waals surface area contributed by atoms with E-state index in [-0.39, 0.29) is 18.3 Å². The van der Waals surface area contributed by atoms with Gasteiger partial charge in [0.1, 0.15) is 5.82 Å². The van der Waals surface area contributed by atoms with Gasteiger partial charge in [-0.1, -0.05) is 41.4 Å². The SMILES string of the molecule is CC(c1nc(C(N)=O)c2n1-c1ccc(Cl)cc1C(c1ccccc1Cl)=NC2)N(C)C. The molecule has 1 aliphatic heterocycles. The molecule has 2 heterocycles. The number of fused-ring (bicyclic) bond motifs is 3. The van der Waals surface area contributed by atoms with E-state index < -0.39 is 5.91 Å². The van der Waals surface area contributed by atoms with Gasteiger partial charge in [0.05, 0.1) is 29.7 Å². The molecule has 8 heteroatoms. The minimum absolute atomic E-state index is 0.0674. The lowest BCUT2D eigenvalue weighted by atomic mass is 10.00. The molecular formula is C22H21Cl2N5O. The van der Waals surface area contributed by atoms with Crippen LogP contribution in [0.15, 0.2) is 47.5 Å². The van der Waals surface area contributed by atoms with Gasteiger partial charge in [0.15, 0.2) is 5.69 Å². The molecule has 1 aliphatic rings. The second-order valence-electron chi connectivity index (χ2n) is 7.41. The first-order valence-electron chi connectivity index (χ1n) is 9.47. The summed E-state index contributed by atoms with van der Waals surface area (Å²) in [5.41, 5.74) is 9.70. The minimum atomic E-state index is -0.581. The van der Waals surface area contributed by atoms with Crippen molar-refractivity contribution in [2.24, 2.45) is 10.7 Å². The highest BCUT2D eigenvalue weighted by molar-refractivity contribution is 6.36. The number of benzene rings is 2. The topological polar surface area (TPSA) is 76.5 Å². The summed E-state index contributed by atoms with van der Waals surface area (Å²) in [6.07, 6.45) is 0. The van der Waals surface area contributed by atoms with E-state index >= 15 is 0 Å². The normalized spacial score (nSPS) is 14.0. The number of aromatic nitrogens is 2. The first kappa shape index (κ1) is 20.6. The number of aliphatic imine (C=N–C) groups is 1. The van der Waals surface area contributed by atoms with Gasteiger partial charge in [-0.05, 0) is 45.3 Å². The predicted octanol–water partition coefficient (Wildman–Crippen LogP) is 4.25. The number of halogens is 2. The van der Waals surface area contributed by atoms with Crippen LogP contribution in [0.4, 0.5) is 0 Å². The van der Waals surface area contributed by atoms with Gasteiger partial charge in [-0.15, -0.1) is 0 Å². The van der Waals surface area contributed by atoms with Gasteiger partial charge in [0.25, 0.3) is 5.91 Å². The van der Waals surface area contributed by atoms with Crippen LogP contribution in [0.2, 0.25) is 10.0 Å². The van der Waals surface area contributed by atoms with Crippen LogP contribution < -0.4 is 5.73 Å². The summed E-state index contributed by atoms with van der Waals surface area (Å²) in [5.74, 6) is 0.130. The molecule has 0 spiro atoms. The van der Waals surface area contributed by atoms with Crippen molar-refractivity contribution in [1.29, 1.82) is 0 Å². The van der Waals surface area contributed by atoms with Crippen molar-refractivity contribution in [3.63, 3.8) is 0 Å². The molecule has 0 saturated heterocycles. The van der Waals surface area contributed by atoms with Gasteiger partial charge >= 0.3 is 0 Å². The standard InChI is InChI=1S/C22H21Cl2N5O/c1-12(28(2)3)22-27-20(21(25)30)18-11-26-19(14-6-4-5-7-16(14)24)15-10-13(23)8-9-17(15)29(18)22/h4-10,12H,11H2,1-3H3,(H2,25,30). The van der Waals surface area contributed by atoms with E-state index in [9.17, 15) is 4.79 Å². The third-order valence-corrected chi connectivity index (χ3v) is 5.92. The monoisotopic (exact) mass is 441 g/mol. The van der Waals surface area contributed by atoms with E-state index in [1.165, 1.54) is 0 Å². The fraction of sp³-hybridized carbons (Fsp3) is 0.227. The van der Waals surface area contributed by atoms with Crippen LogP contribution in [0.1, 0.15) is 46.1 Å². The maximum absolute atomic E-state index is 12.2. The van der Waals surface area contributed by atoms with Crippen molar-refractivity contribution in [2.45, 2.75) is 19.5 Å². The molecule has 0 aliphatic carbocycles. The smallest absolute Gasteiger partial charge is 0.269 e. The number of primary amides is 1. The summed E-state index contributed by atoms with van der Waals surface area (Å²) >= 11 is 12.9. The van der Waals surface area contributed by atoms with E-state index in [0.29, 0.717) is 27.3 Å². The molecule has 0 radical (unpaired) electrons. The van der Waals surface area contributed by atoms with Crippen molar-refractivity contribution in [2.75, 3.05) is 14.1 Å². The van der Waals surface area contributed by atoms with Crippen LogP contribution in [0, 0.1) is 0 Å². The van der Waals surface area contributed by atoms with Crippen molar-refractivity contribution in [3.05, 3.63) is 80.8 Å². The fourth-order valence-electron chi connectivity index (χ4n) is 3.61. The average molecular weight is 442 g/mol. The van der Waals surface area contributed by atoms with Crippen LogP contribution in [-0.2, 0) is 6.54 Å². The largest absolute Gasteiger partial charge is 0.364 e. The molecule has 1 atom stereocenters. The zero-order valence-corrected chi connectivity index (χ0v) is 18.4. The maximum atomic E-state index is 12.2. The lowest BCUT2D eigenvalue weighted by molar-refractivity contribution is 0.0994. The van der Waals surface area contributed by atoms with Gasteiger partial charge in [-0.2, -0.15) is 0 Å². The Morgan fingerprint density at radius 3 is 2.57 bits per heavy atom. The molecule has 154 valence electrons. The third-order valence-electron chi connectivity index (χ3n) is 5.35. The molecule has 2 N–H and O–H groups in total. The Kier molecular flexibility index (Phi) is 5.40. The highest BCUT2D eigenvalue weighted by atomic mass is 35.5. The Hall–Kier alpha value is -2.67. The first-order chi connectivity index (χ1) is 14.3. The van der Waals surface area contributed by atoms with Crippen molar-refractivity contribution in [3.8, 4) is 5.69 Å². The number of imidazole rings is 1. The van der Waals surface area contributed by atoms with Crippen LogP contribution in [0.5, 0.6) is 0 Å². The molecule has 2 aromatic carbocycles. The Morgan fingerprint density at radius 1 is 1.17 bits per heavy atom. The Labute approximate surface area is 184 Å². The summed E-state index contributed by atoms with van der Waals surface area (Å²) in [5, 5.41) is 1.17. The number of carbonyl (C=O) groups excluding carboxylic acids is 1. The number of rotatable bonds is 4. The second-order valence-corrected chi connectivity index (χ2v) is 8.25. The van der Waals surface area contributed by atoms with Gasteiger partial charge in [-0.25, -0.2) is 4.98 Å². The lowest BCUT2D eigenvalue weighted by Gasteiger charge is -2.22. The van der Waals surface area contributed by atoms with E-state index in [0.717, 1.165) is 16.8 Å². The number of hydrogen-bond donors (Lipinski definition) is 1. The molecular weight excluding hydrogens is 421 g/mol. The molecule has 6 nitrogen and oxygen atoms in total. The van der Waals surface area contributed by atoms with Crippen LogP contribution in [0.3, 0.4) is 0 Å². The average Bonchev–Trinajstić information content (AvgIpc) is 3.00. The van der Waals surface area contributed by atoms with Crippen LogP contribution in [-0.4, -0.2) is 40.2 Å². The zero-order valence-electron chi connectivity index (χ0n) is 16.9. The number of hydrogen-bond acceptors (Lipinski definition) is 4. The summed E-state index contributed by atoms with van der Waals surface area (Å²) in [4.78, 5) is 23.7. The maximum Gasteiger partial charge on any atom is 0.269 e. The van der Waals surface area contributed by atoms with Crippen molar-refractivity contribution >= 4 is 34.8 Å². The minimum Gasteiger partial charge on any atom is -0.364 e. The molecule has 4 rings (SSSR count). The molecule has 1 unspecified atom stereocenters. The molecule has 1 aromatic heterocycles. The Morgan fingerprint density at radius 2 is 1.90 bits per heavy atom.